The van der Waals surface area contributed by atoms with Gasteiger partial charge in [0.2, 0.25) is 0 Å². The summed E-state index contributed by atoms with van der Waals surface area (Å²) >= 11 is 0. The molecule has 0 radical (unpaired) electrons. The molecule has 0 aliphatic heterocycles. The van der Waals surface area contributed by atoms with Crippen LogP contribution >= 0.6 is 0 Å². The highest BCUT2D eigenvalue weighted by Gasteiger charge is 2.25. The Morgan fingerprint density at radius 2 is 1.74 bits per heavy atom. The molecule has 106 valence electrons. The van der Waals surface area contributed by atoms with Crippen LogP contribution in [0.3, 0.4) is 0 Å². The van der Waals surface area contributed by atoms with Crippen molar-refractivity contribution in [1.29, 1.82) is 0 Å². The summed E-state index contributed by atoms with van der Waals surface area (Å²) in [6, 6.07) is 7.61. The van der Waals surface area contributed by atoms with Crippen LogP contribution in [-0.2, 0) is 6.42 Å². The van der Waals surface area contributed by atoms with Crippen molar-refractivity contribution in [3.05, 3.63) is 35.6 Å². The van der Waals surface area contributed by atoms with Gasteiger partial charge in [0.25, 0.3) is 0 Å². The Balaban J connectivity index is 1.93. The van der Waals surface area contributed by atoms with Crippen molar-refractivity contribution >= 4 is 0 Å². The molecule has 2 atom stereocenters. The van der Waals surface area contributed by atoms with Gasteiger partial charge in [-0.1, -0.05) is 38.8 Å². The quantitative estimate of drug-likeness (QED) is 0.840. The normalized spacial score (nSPS) is 23.8. The van der Waals surface area contributed by atoms with Crippen LogP contribution in [0.15, 0.2) is 24.3 Å². The van der Waals surface area contributed by atoms with Crippen LogP contribution in [-0.4, -0.2) is 12.6 Å². The number of nitrogens with one attached hydrogen (secondary N) is 1. The predicted octanol–water partition coefficient (Wildman–Crippen LogP) is 4.17. The predicted molar refractivity (Wildman–Crippen MR) is 78.7 cm³/mol. The van der Waals surface area contributed by atoms with E-state index in [0.717, 1.165) is 24.8 Å². The van der Waals surface area contributed by atoms with Gasteiger partial charge in [-0.2, -0.15) is 0 Å². The molecule has 0 amide bonds. The zero-order chi connectivity index (χ0) is 13.7. The zero-order valence-corrected chi connectivity index (χ0v) is 12.2. The first kappa shape index (κ1) is 14.5. The van der Waals surface area contributed by atoms with E-state index in [9.17, 15) is 4.39 Å². The number of hydrogen-bond acceptors (Lipinski definition) is 1. The second-order valence-corrected chi connectivity index (χ2v) is 6.20. The second kappa shape index (κ2) is 7.04. The van der Waals surface area contributed by atoms with Crippen LogP contribution in [0.1, 0.15) is 45.1 Å². The Labute approximate surface area is 116 Å². The SMILES string of the molecule is CC(C)NCC1CCCCC1Cc1ccc(F)cc1. The van der Waals surface area contributed by atoms with Gasteiger partial charge in [0.1, 0.15) is 5.82 Å². The van der Waals surface area contributed by atoms with Crippen molar-refractivity contribution in [3.8, 4) is 0 Å². The van der Waals surface area contributed by atoms with E-state index >= 15 is 0 Å². The van der Waals surface area contributed by atoms with E-state index in [0.29, 0.717) is 6.04 Å². The van der Waals surface area contributed by atoms with Gasteiger partial charge in [-0.05, 0) is 55.3 Å². The summed E-state index contributed by atoms with van der Waals surface area (Å²) in [5, 5.41) is 3.58. The fourth-order valence-corrected chi connectivity index (χ4v) is 3.13. The minimum atomic E-state index is -0.134. The highest BCUT2D eigenvalue weighted by Crippen LogP contribution is 2.32. The maximum absolute atomic E-state index is 12.9. The van der Waals surface area contributed by atoms with Gasteiger partial charge in [0.05, 0.1) is 0 Å². The zero-order valence-electron chi connectivity index (χ0n) is 12.2. The molecule has 0 saturated heterocycles. The van der Waals surface area contributed by atoms with Crippen molar-refractivity contribution < 1.29 is 4.39 Å². The van der Waals surface area contributed by atoms with Gasteiger partial charge in [-0.3, -0.25) is 0 Å². The molecular formula is C17H26FN. The van der Waals surface area contributed by atoms with Crippen molar-refractivity contribution in [2.24, 2.45) is 11.8 Å². The van der Waals surface area contributed by atoms with E-state index in [1.807, 2.05) is 12.1 Å². The topological polar surface area (TPSA) is 12.0 Å². The Kier molecular flexibility index (Phi) is 5.38. The van der Waals surface area contributed by atoms with Gasteiger partial charge in [-0.25, -0.2) is 4.39 Å². The summed E-state index contributed by atoms with van der Waals surface area (Å²) in [5.74, 6) is 1.40. The molecule has 1 aromatic rings. The smallest absolute Gasteiger partial charge is 0.123 e. The summed E-state index contributed by atoms with van der Waals surface area (Å²) < 4.78 is 12.9. The molecule has 19 heavy (non-hydrogen) atoms. The van der Waals surface area contributed by atoms with Gasteiger partial charge in [-0.15, -0.1) is 0 Å². The van der Waals surface area contributed by atoms with Crippen LogP contribution < -0.4 is 5.32 Å². The first-order valence-corrected chi connectivity index (χ1v) is 7.63. The van der Waals surface area contributed by atoms with E-state index in [1.54, 1.807) is 12.1 Å². The van der Waals surface area contributed by atoms with E-state index in [2.05, 4.69) is 19.2 Å². The van der Waals surface area contributed by atoms with Crippen LogP contribution in [0.2, 0.25) is 0 Å². The van der Waals surface area contributed by atoms with Gasteiger partial charge < -0.3 is 5.32 Å². The standard InChI is InChI=1S/C17H26FN/c1-13(2)19-12-16-6-4-3-5-15(16)11-14-7-9-17(18)10-8-14/h7-10,13,15-16,19H,3-6,11-12H2,1-2H3. The van der Waals surface area contributed by atoms with Crippen LogP contribution in [0.4, 0.5) is 4.39 Å². The Hall–Kier alpha value is -0.890. The Bertz CT molecular complexity index is 371. The van der Waals surface area contributed by atoms with Crippen molar-refractivity contribution in [3.63, 3.8) is 0 Å². The molecule has 1 aliphatic rings. The number of rotatable bonds is 5. The van der Waals surface area contributed by atoms with Crippen LogP contribution in [0.25, 0.3) is 0 Å². The average molecular weight is 263 g/mol. The molecule has 1 aromatic carbocycles. The van der Waals surface area contributed by atoms with Gasteiger partial charge in [0.15, 0.2) is 0 Å². The van der Waals surface area contributed by atoms with Crippen LogP contribution in [0.5, 0.6) is 0 Å². The molecule has 1 N–H and O–H groups in total. The molecular weight excluding hydrogens is 237 g/mol. The lowest BCUT2D eigenvalue weighted by Gasteiger charge is -2.32. The van der Waals surface area contributed by atoms with E-state index in [1.165, 1.54) is 31.2 Å². The molecule has 2 unspecified atom stereocenters. The molecule has 0 heterocycles. The average Bonchev–Trinajstić information content (AvgIpc) is 2.40. The van der Waals surface area contributed by atoms with Crippen LogP contribution in [0, 0.1) is 17.7 Å². The molecule has 0 bridgehead atoms. The monoisotopic (exact) mass is 263 g/mol. The van der Waals surface area contributed by atoms with E-state index in [-0.39, 0.29) is 5.82 Å². The summed E-state index contributed by atoms with van der Waals surface area (Å²) in [5.41, 5.74) is 1.28. The number of benzene rings is 1. The number of halogens is 1. The Morgan fingerprint density at radius 1 is 1.11 bits per heavy atom. The first-order valence-electron chi connectivity index (χ1n) is 7.63. The maximum Gasteiger partial charge on any atom is 0.123 e. The maximum atomic E-state index is 12.9. The molecule has 1 aliphatic carbocycles. The van der Waals surface area contributed by atoms with Crippen molar-refractivity contribution in [2.45, 2.75) is 52.0 Å². The highest BCUT2D eigenvalue weighted by molar-refractivity contribution is 5.16. The third-order valence-corrected chi connectivity index (χ3v) is 4.27. The summed E-state index contributed by atoms with van der Waals surface area (Å²) in [7, 11) is 0. The molecule has 0 spiro atoms. The van der Waals surface area contributed by atoms with Crippen molar-refractivity contribution in [1.82, 2.24) is 5.32 Å². The fourth-order valence-electron chi connectivity index (χ4n) is 3.13. The number of hydrogen-bond donors (Lipinski definition) is 1. The minimum absolute atomic E-state index is 0.134. The third kappa shape index (κ3) is 4.61. The molecule has 1 fully saturated rings. The van der Waals surface area contributed by atoms with Gasteiger partial charge in [0, 0.05) is 6.04 Å². The minimum Gasteiger partial charge on any atom is -0.314 e. The van der Waals surface area contributed by atoms with Gasteiger partial charge >= 0.3 is 0 Å². The summed E-state index contributed by atoms with van der Waals surface area (Å²) in [6.45, 7) is 5.54. The third-order valence-electron chi connectivity index (χ3n) is 4.27. The lowest BCUT2D eigenvalue weighted by molar-refractivity contribution is 0.224. The highest BCUT2D eigenvalue weighted by atomic mass is 19.1. The molecule has 1 nitrogen and oxygen atoms in total. The molecule has 2 heteroatoms. The Morgan fingerprint density at radius 3 is 2.37 bits per heavy atom. The lowest BCUT2D eigenvalue weighted by atomic mass is 9.76. The molecule has 2 rings (SSSR count). The summed E-state index contributed by atoms with van der Waals surface area (Å²) in [4.78, 5) is 0. The van der Waals surface area contributed by atoms with E-state index < -0.39 is 0 Å². The summed E-state index contributed by atoms with van der Waals surface area (Å²) in [6.07, 6.45) is 6.48. The second-order valence-electron chi connectivity index (χ2n) is 6.20. The van der Waals surface area contributed by atoms with Crippen molar-refractivity contribution in [2.75, 3.05) is 6.54 Å². The fraction of sp³-hybridized carbons (Fsp3) is 0.647. The molecule has 1 saturated carbocycles. The lowest BCUT2D eigenvalue weighted by Crippen LogP contribution is -2.34. The largest absolute Gasteiger partial charge is 0.314 e. The first-order chi connectivity index (χ1) is 9.15. The van der Waals surface area contributed by atoms with E-state index in [4.69, 9.17) is 0 Å². The molecule has 0 aromatic heterocycles.